The van der Waals surface area contributed by atoms with Gasteiger partial charge in [0.25, 0.3) is 5.91 Å². The minimum atomic E-state index is -0.358. The molecule has 9 heteroatoms. The van der Waals surface area contributed by atoms with Crippen LogP contribution in [0, 0.1) is 0 Å². The molecule has 9 nitrogen and oxygen atoms in total. The standard InChI is InChI=1S/C26H27N7O2/c1-35-21-9-7-20(8-10-21)30-25(34)22-17-29-26(31-24(22)27)33-12-4-11-32(13-14-33)23-15-18-5-2-3-6-19(18)16-28-23/h2-3,5-10,15-17H,4,11-14H2,1H3,(H,30,34)(H2,27,29,31). The molecule has 1 aliphatic rings. The van der Waals surface area contributed by atoms with E-state index in [1.807, 2.05) is 18.3 Å². The third-order valence-electron chi connectivity index (χ3n) is 6.12. The van der Waals surface area contributed by atoms with Crippen molar-refractivity contribution in [2.75, 3.05) is 54.1 Å². The normalized spacial score (nSPS) is 14.0. The summed E-state index contributed by atoms with van der Waals surface area (Å²) in [4.78, 5) is 30.6. The van der Waals surface area contributed by atoms with Crippen LogP contribution < -0.4 is 25.6 Å². The molecule has 0 spiro atoms. The summed E-state index contributed by atoms with van der Waals surface area (Å²) >= 11 is 0. The molecule has 5 rings (SSSR count). The van der Waals surface area contributed by atoms with E-state index < -0.39 is 0 Å². The summed E-state index contributed by atoms with van der Waals surface area (Å²) in [6.45, 7) is 3.19. The van der Waals surface area contributed by atoms with Gasteiger partial charge in [0.1, 0.15) is 22.9 Å². The second-order valence-electron chi connectivity index (χ2n) is 8.37. The lowest BCUT2D eigenvalue weighted by molar-refractivity contribution is 0.102. The minimum Gasteiger partial charge on any atom is -0.497 e. The van der Waals surface area contributed by atoms with E-state index in [4.69, 9.17) is 10.5 Å². The quantitative estimate of drug-likeness (QED) is 0.456. The van der Waals surface area contributed by atoms with Crippen molar-refractivity contribution in [1.82, 2.24) is 15.0 Å². The molecule has 1 aliphatic heterocycles. The zero-order valence-electron chi connectivity index (χ0n) is 19.5. The molecule has 178 valence electrons. The van der Waals surface area contributed by atoms with Crippen molar-refractivity contribution in [3.05, 3.63) is 72.6 Å². The largest absolute Gasteiger partial charge is 0.497 e. The molecule has 1 amide bonds. The van der Waals surface area contributed by atoms with Gasteiger partial charge in [-0.1, -0.05) is 24.3 Å². The molecule has 3 heterocycles. The van der Waals surface area contributed by atoms with Gasteiger partial charge in [0.15, 0.2) is 0 Å². The van der Waals surface area contributed by atoms with Crippen LogP contribution in [0.3, 0.4) is 0 Å². The van der Waals surface area contributed by atoms with Crippen LogP contribution in [0.15, 0.2) is 67.0 Å². The Morgan fingerprint density at radius 3 is 2.46 bits per heavy atom. The molecule has 1 saturated heterocycles. The minimum absolute atomic E-state index is 0.151. The highest BCUT2D eigenvalue weighted by atomic mass is 16.5. The van der Waals surface area contributed by atoms with E-state index in [2.05, 4.69) is 48.3 Å². The molecule has 4 aromatic rings. The van der Waals surface area contributed by atoms with Gasteiger partial charge >= 0.3 is 0 Å². The number of ether oxygens (including phenoxy) is 1. The number of nitrogens with zero attached hydrogens (tertiary/aromatic N) is 5. The highest BCUT2D eigenvalue weighted by molar-refractivity contribution is 6.07. The number of anilines is 4. The topological polar surface area (TPSA) is 110 Å². The lowest BCUT2D eigenvalue weighted by Crippen LogP contribution is -2.32. The van der Waals surface area contributed by atoms with Crippen LogP contribution >= 0.6 is 0 Å². The number of hydrogen-bond donors (Lipinski definition) is 2. The smallest absolute Gasteiger partial charge is 0.260 e. The van der Waals surface area contributed by atoms with Gasteiger partial charge in [-0.05, 0) is 42.1 Å². The summed E-state index contributed by atoms with van der Waals surface area (Å²) in [6, 6.07) is 17.4. The maximum Gasteiger partial charge on any atom is 0.260 e. The summed E-state index contributed by atoms with van der Waals surface area (Å²) < 4.78 is 5.14. The van der Waals surface area contributed by atoms with Gasteiger partial charge in [0.2, 0.25) is 5.95 Å². The second-order valence-corrected chi connectivity index (χ2v) is 8.37. The number of fused-ring (bicyclic) bond motifs is 1. The van der Waals surface area contributed by atoms with E-state index in [0.29, 0.717) is 17.4 Å². The van der Waals surface area contributed by atoms with Crippen molar-refractivity contribution in [3.8, 4) is 5.75 Å². The molecule has 2 aromatic carbocycles. The summed E-state index contributed by atoms with van der Waals surface area (Å²) in [5, 5.41) is 5.13. The number of rotatable bonds is 5. The number of benzene rings is 2. The zero-order valence-corrected chi connectivity index (χ0v) is 19.5. The number of hydrogen-bond acceptors (Lipinski definition) is 8. The van der Waals surface area contributed by atoms with Crippen molar-refractivity contribution < 1.29 is 9.53 Å². The van der Waals surface area contributed by atoms with Crippen molar-refractivity contribution in [1.29, 1.82) is 0 Å². The van der Waals surface area contributed by atoms with Crippen LogP contribution in [-0.2, 0) is 0 Å². The van der Waals surface area contributed by atoms with Crippen LogP contribution in [-0.4, -0.2) is 54.1 Å². The number of carbonyl (C=O) groups excluding carboxylic acids is 1. The SMILES string of the molecule is COc1ccc(NC(=O)c2cnc(N3CCCN(c4cc5ccccc5cn4)CC3)nc2N)cc1. The highest BCUT2D eigenvalue weighted by Gasteiger charge is 2.20. The number of nitrogen functional groups attached to an aromatic ring is 1. The Kier molecular flexibility index (Phi) is 6.30. The van der Waals surface area contributed by atoms with Crippen molar-refractivity contribution in [2.24, 2.45) is 0 Å². The Hall–Kier alpha value is -4.40. The van der Waals surface area contributed by atoms with E-state index in [9.17, 15) is 4.79 Å². The second kappa shape index (κ2) is 9.84. The predicted octanol–water partition coefficient (Wildman–Crippen LogP) is 3.58. The number of aromatic nitrogens is 3. The van der Waals surface area contributed by atoms with Gasteiger partial charge in [-0.2, -0.15) is 4.98 Å². The number of methoxy groups -OCH3 is 1. The first kappa shape index (κ1) is 22.4. The first-order chi connectivity index (χ1) is 17.1. The highest BCUT2D eigenvalue weighted by Crippen LogP contribution is 2.22. The Labute approximate surface area is 203 Å². The van der Waals surface area contributed by atoms with Crippen molar-refractivity contribution in [3.63, 3.8) is 0 Å². The van der Waals surface area contributed by atoms with Crippen LogP contribution in [0.2, 0.25) is 0 Å². The van der Waals surface area contributed by atoms with E-state index in [-0.39, 0.29) is 17.3 Å². The van der Waals surface area contributed by atoms with E-state index in [0.717, 1.165) is 43.8 Å². The molecule has 3 N–H and O–H groups in total. The van der Waals surface area contributed by atoms with Gasteiger partial charge < -0.3 is 25.6 Å². The number of pyridine rings is 1. The average Bonchev–Trinajstić information content (AvgIpc) is 3.15. The molecular weight excluding hydrogens is 442 g/mol. The maximum absolute atomic E-state index is 12.7. The fourth-order valence-electron chi connectivity index (χ4n) is 4.18. The Bertz CT molecular complexity index is 1340. The van der Waals surface area contributed by atoms with E-state index in [1.54, 1.807) is 31.4 Å². The third-order valence-corrected chi connectivity index (χ3v) is 6.12. The monoisotopic (exact) mass is 469 g/mol. The molecule has 1 fully saturated rings. The number of amides is 1. The summed E-state index contributed by atoms with van der Waals surface area (Å²) in [7, 11) is 1.59. The van der Waals surface area contributed by atoms with Crippen molar-refractivity contribution in [2.45, 2.75) is 6.42 Å². The molecule has 0 unspecified atom stereocenters. The van der Waals surface area contributed by atoms with Crippen LogP contribution in [0.5, 0.6) is 5.75 Å². The first-order valence-corrected chi connectivity index (χ1v) is 11.5. The fraction of sp³-hybridized carbons (Fsp3) is 0.231. The predicted molar refractivity (Wildman–Crippen MR) is 138 cm³/mol. The molecule has 0 saturated carbocycles. The fourth-order valence-corrected chi connectivity index (χ4v) is 4.18. The van der Waals surface area contributed by atoms with E-state index in [1.165, 1.54) is 11.6 Å². The molecule has 0 radical (unpaired) electrons. The number of nitrogens with one attached hydrogen (secondary N) is 1. The average molecular weight is 470 g/mol. The Balaban J connectivity index is 1.26. The maximum atomic E-state index is 12.7. The molecule has 0 atom stereocenters. The summed E-state index contributed by atoms with van der Waals surface area (Å²) in [5.74, 6) is 2.00. The zero-order chi connectivity index (χ0) is 24.2. The Morgan fingerprint density at radius 2 is 1.69 bits per heavy atom. The van der Waals surface area contributed by atoms with Crippen LogP contribution in [0.1, 0.15) is 16.8 Å². The lowest BCUT2D eigenvalue weighted by atomic mass is 10.2. The van der Waals surface area contributed by atoms with Gasteiger partial charge in [-0.15, -0.1) is 0 Å². The lowest BCUT2D eigenvalue weighted by Gasteiger charge is -2.23. The van der Waals surface area contributed by atoms with Gasteiger partial charge in [0, 0.05) is 49.6 Å². The first-order valence-electron chi connectivity index (χ1n) is 11.5. The molecule has 0 aliphatic carbocycles. The van der Waals surface area contributed by atoms with Gasteiger partial charge in [0.05, 0.1) is 7.11 Å². The van der Waals surface area contributed by atoms with Gasteiger partial charge in [-0.25, -0.2) is 9.97 Å². The number of nitrogens with two attached hydrogens (primary N) is 1. The summed E-state index contributed by atoms with van der Waals surface area (Å²) in [6.07, 6.45) is 4.34. The van der Waals surface area contributed by atoms with Crippen LogP contribution in [0.4, 0.5) is 23.3 Å². The third kappa shape index (κ3) is 4.93. The molecular formula is C26H27N7O2. The Morgan fingerprint density at radius 1 is 0.943 bits per heavy atom. The molecule has 35 heavy (non-hydrogen) atoms. The molecule has 0 bridgehead atoms. The molecule has 2 aromatic heterocycles. The van der Waals surface area contributed by atoms with Crippen molar-refractivity contribution >= 4 is 40.0 Å². The number of carbonyl (C=O) groups is 1. The van der Waals surface area contributed by atoms with E-state index >= 15 is 0 Å². The van der Waals surface area contributed by atoms with Crippen LogP contribution in [0.25, 0.3) is 10.8 Å². The van der Waals surface area contributed by atoms with Gasteiger partial charge in [-0.3, -0.25) is 4.79 Å². The summed E-state index contributed by atoms with van der Waals surface area (Å²) in [5.41, 5.74) is 7.03.